The Labute approximate surface area is 114 Å². The normalized spacial score (nSPS) is 11.4. The predicted molar refractivity (Wildman–Crippen MR) is 73.4 cm³/mol. The van der Waals surface area contributed by atoms with Crippen molar-refractivity contribution in [3.8, 4) is 16.8 Å². The van der Waals surface area contributed by atoms with Crippen molar-refractivity contribution >= 4 is 23.1 Å². The van der Waals surface area contributed by atoms with Gasteiger partial charge in [0.25, 0.3) is 5.89 Å². The molecule has 0 amide bonds. The van der Waals surface area contributed by atoms with E-state index in [1.54, 1.807) is 17.8 Å². The second-order valence-corrected chi connectivity index (χ2v) is 7.41. The van der Waals surface area contributed by atoms with Crippen LogP contribution in [0.3, 0.4) is 0 Å². The molecule has 0 spiro atoms. The molecule has 0 aliphatic heterocycles. The van der Waals surface area contributed by atoms with E-state index in [0.29, 0.717) is 23.0 Å². The van der Waals surface area contributed by atoms with Gasteiger partial charge in [-0.15, -0.1) is 23.1 Å². The molecule has 0 radical (unpaired) electrons. The van der Waals surface area contributed by atoms with E-state index in [-0.39, 0.29) is 4.75 Å². The SMILES string of the molecule is CC(C)(C)SCc1noc(-c2sccc2C#N)n1. The van der Waals surface area contributed by atoms with E-state index in [2.05, 4.69) is 37.0 Å². The minimum Gasteiger partial charge on any atom is -0.333 e. The number of hydrogen-bond acceptors (Lipinski definition) is 6. The molecule has 4 nitrogen and oxygen atoms in total. The van der Waals surface area contributed by atoms with Gasteiger partial charge >= 0.3 is 0 Å². The molecular weight excluding hydrogens is 266 g/mol. The average Bonchev–Trinajstić information content (AvgIpc) is 2.93. The van der Waals surface area contributed by atoms with E-state index in [0.717, 1.165) is 4.88 Å². The monoisotopic (exact) mass is 279 g/mol. The van der Waals surface area contributed by atoms with Gasteiger partial charge < -0.3 is 4.52 Å². The van der Waals surface area contributed by atoms with Crippen molar-refractivity contribution < 1.29 is 4.52 Å². The smallest absolute Gasteiger partial charge is 0.269 e. The Bertz CT molecular complexity index is 575. The van der Waals surface area contributed by atoms with Crippen LogP contribution in [0.4, 0.5) is 0 Å². The molecule has 0 aliphatic carbocycles. The summed E-state index contributed by atoms with van der Waals surface area (Å²) in [5.41, 5.74) is 0.582. The maximum atomic E-state index is 8.95. The van der Waals surface area contributed by atoms with E-state index in [9.17, 15) is 0 Å². The Morgan fingerprint density at radius 2 is 2.28 bits per heavy atom. The molecule has 2 aromatic heterocycles. The van der Waals surface area contributed by atoms with Crippen LogP contribution < -0.4 is 0 Å². The highest BCUT2D eigenvalue weighted by Crippen LogP contribution is 2.30. The standard InChI is InChI=1S/C12H13N3OS2/c1-12(2,3)18-7-9-14-11(16-15-9)10-8(6-13)4-5-17-10/h4-5H,7H2,1-3H3. The van der Waals surface area contributed by atoms with Crippen LogP contribution in [0.15, 0.2) is 16.0 Å². The molecule has 0 atom stereocenters. The molecule has 0 unspecified atom stereocenters. The number of thiophene rings is 1. The van der Waals surface area contributed by atoms with E-state index >= 15 is 0 Å². The fourth-order valence-electron chi connectivity index (χ4n) is 1.25. The Morgan fingerprint density at radius 3 is 2.94 bits per heavy atom. The summed E-state index contributed by atoms with van der Waals surface area (Å²) < 4.78 is 5.37. The summed E-state index contributed by atoms with van der Waals surface area (Å²) in [5.74, 6) is 1.81. The van der Waals surface area contributed by atoms with Crippen molar-refractivity contribution in [3.63, 3.8) is 0 Å². The maximum absolute atomic E-state index is 8.95. The van der Waals surface area contributed by atoms with Gasteiger partial charge in [-0.05, 0) is 11.4 Å². The van der Waals surface area contributed by atoms with Gasteiger partial charge in [-0.2, -0.15) is 10.2 Å². The number of nitriles is 1. The molecule has 0 bridgehead atoms. The lowest BCUT2D eigenvalue weighted by Gasteiger charge is -2.15. The Balaban J connectivity index is 2.14. The molecule has 18 heavy (non-hydrogen) atoms. The third-order valence-corrected chi connectivity index (χ3v) is 4.25. The second-order valence-electron chi connectivity index (χ2n) is 4.69. The van der Waals surface area contributed by atoms with Crippen molar-refractivity contribution in [3.05, 3.63) is 22.8 Å². The zero-order chi connectivity index (χ0) is 13.2. The van der Waals surface area contributed by atoms with Gasteiger partial charge in [0.15, 0.2) is 5.82 Å². The number of hydrogen-bond donors (Lipinski definition) is 0. The van der Waals surface area contributed by atoms with Crippen LogP contribution in [-0.4, -0.2) is 14.9 Å². The molecule has 0 N–H and O–H groups in total. The highest BCUT2D eigenvalue weighted by Gasteiger charge is 2.17. The summed E-state index contributed by atoms with van der Waals surface area (Å²) in [4.78, 5) is 5.07. The third-order valence-electron chi connectivity index (χ3n) is 2.08. The van der Waals surface area contributed by atoms with Crippen LogP contribution >= 0.6 is 23.1 Å². The minimum atomic E-state index is 0.168. The van der Waals surface area contributed by atoms with Crippen LogP contribution in [0.1, 0.15) is 32.2 Å². The quantitative estimate of drug-likeness (QED) is 0.857. The number of rotatable bonds is 3. The van der Waals surface area contributed by atoms with Crippen molar-refractivity contribution in [1.82, 2.24) is 10.1 Å². The Hall–Kier alpha value is -1.32. The van der Waals surface area contributed by atoms with Gasteiger partial charge in [0, 0.05) is 4.75 Å². The highest BCUT2D eigenvalue weighted by molar-refractivity contribution is 7.99. The van der Waals surface area contributed by atoms with Crippen LogP contribution in [0, 0.1) is 11.3 Å². The summed E-state index contributed by atoms with van der Waals surface area (Å²) in [6, 6.07) is 3.87. The molecule has 0 saturated carbocycles. The second kappa shape index (κ2) is 5.12. The first-order valence-corrected chi connectivity index (χ1v) is 7.30. The molecule has 0 saturated heterocycles. The Morgan fingerprint density at radius 1 is 1.50 bits per heavy atom. The Kier molecular flexibility index (Phi) is 3.73. The average molecular weight is 279 g/mol. The van der Waals surface area contributed by atoms with Crippen LogP contribution in [-0.2, 0) is 5.75 Å². The summed E-state index contributed by atoms with van der Waals surface area (Å²) in [6.45, 7) is 6.43. The summed E-state index contributed by atoms with van der Waals surface area (Å²) in [6.07, 6.45) is 0. The first-order chi connectivity index (χ1) is 8.49. The summed E-state index contributed by atoms with van der Waals surface area (Å²) in [7, 11) is 0. The van der Waals surface area contributed by atoms with Crippen LogP contribution in [0.25, 0.3) is 10.8 Å². The van der Waals surface area contributed by atoms with Crippen molar-refractivity contribution in [1.29, 1.82) is 5.26 Å². The molecule has 0 aliphatic rings. The summed E-state index contributed by atoms with van der Waals surface area (Å²) >= 11 is 3.20. The largest absolute Gasteiger partial charge is 0.333 e. The van der Waals surface area contributed by atoms with Crippen molar-refractivity contribution in [2.75, 3.05) is 0 Å². The van der Waals surface area contributed by atoms with Gasteiger partial charge in [0.1, 0.15) is 10.9 Å². The lowest BCUT2D eigenvalue weighted by Crippen LogP contribution is -2.07. The molecule has 94 valence electrons. The fraction of sp³-hybridized carbons (Fsp3) is 0.417. The third kappa shape index (κ3) is 3.12. The molecule has 2 heterocycles. The fourth-order valence-corrected chi connectivity index (χ4v) is 2.69. The zero-order valence-corrected chi connectivity index (χ0v) is 12.1. The molecule has 0 fully saturated rings. The molecular formula is C12H13N3OS2. The molecule has 2 aromatic rings. The maximum Gasteiger partial charge on any atom is 0.269 e. The van der Waals surface area contributed by atoms with Gasteiger partial charge in [-0.25, -0.2) is 0 Å². The van der Waals surface area contributed by atoms with E-state index in [1.165, 1.54) is 11.3 Å². The number of nitrogens with zero attached hydrogens (tertiary/aromatic N) is 3. The molecule has 2 rings (SSSR count). The van der Waals surface area contributed by atoms with Gasteiger partial charge in [-0.3, -0.25) is 0 Å². The first kappa shape index (κ1) is 13.1. The number of aromatic nitrogens is 2. The van der Waals surface area contributed by atoms with Crippen molar-refractivity contribution in [2.45, 2.75) is 31.3 Å². The lowest BCUT2D eigenvalue weighted by molar-refractivity contribution is 0.426. The van der Waals surface area contributed by atoms with Crippen molar-refractivity contribution in [2.24, 2.45) is 0 Å². The number of thioether (sulfide) groups is 1. The van der Waals surface area contributed by atoms with Gasteiger partial charge in [0.2, 0.25) is 0 Å². The predicted octanol–water partition coefficient (Wildman–Crippen LogP) is 3.70. The van der Waals surface area contributed by atoms with Crippen LogP contribution in [0.5, 0.6) is 0 Å². The lowest BCUT2D eigenvalue weighted by atomic mass is 10.3. The molecule has 0 aromatic carbocycles. The van der Waals surface area contributed by atoms with E-state index < -0.39 is 0 Å². The van der Waals surface area contributed by atoms with Gasteiger partial charge in [-0.1, -0.05) is 25.9 Å². The summed E-state index contributed by atoms with van der Waals surface area (Å²) in [5, 5.41) is 14.7. The molecule has 6 heteroatoms. The topological polar surface area (TPSA) is 62.7 Å². The zero-order valence-electron chi connectivity index (χ0n) is 10.4. The van der Waals surface area contributed by atoms with Crippen LogP contribution in [0.2, 0.25) is 0 Å². The van der Waals surface area contributed by atoms with E-state index in [4.69, 9.17) is 9.78 Å². The van der Waals surface area contributed by atoms with E-state index in [1.807, 2.05) is 5.38 Å². The minimum absolute atomic E-state index is 0.168. The highest BCUT2D eigenvalue weighted by atomic mass is 32.2. The first-order valence-electron chi connectivity index (χ1n) is 5.44. The van der Waals surface area contributed by atoms with Gasteiger partial charge in [0.05, 0.1) is 11.3 Å².